The summed E-state index contributed by atoms with van der Waals surface area (Å²) in [6, 6.07) is 16.0. The zero-order valence-electron chi connectivity index (χ0n) is 18.2. The van der Waals surface area contributed by atoms with Crippen molar-refractivity contribution in [2.45, 2.75) is 66.0 Å². The van der Waals surface area contributed by atoms with Gasteiger partial charge in [-0.15, -0.1) is 0 Å². The summed E-state index contributed by atoms with van der Waals surface area (Å²) in [7, 11) is 0. The standard InChI is InChI=1S/C25H34N2O2/c1-5-20-12-14-21(15-13-20)16-17-24(28)27(23(6-2)25(29)26-7-3)18-22-11-9-8-10-19(22)4/h8-15,23H,5-7,16-18H2,1-4H3,(H,26,29)/t23-/m0/s1. The normalized spacial score (nSPS) is 11.7. The highest BCUT2D eigenvalue weighted by molar-refractivity contribution is 5.87. The molecule has 156 valence electrons. The molecule has 2 rings (SSSR count). The van der Waals surface area contributed by atoms with E-state index in [4.69, 9.17) is 0 Å². The maximum atomic E-state index is 13.2. The molecule has 0 radical (unpaired) electrons. The third kappa shape index (κ3) is 6.45. The van der Waals surface area contributed by atoms with Gasteiger partial charge in [-0.05, 0) is 55.4 Å². The van der Waals surface area contributed by atoms with Gasteiger partial charge < -0.3 is 10.2 Å². The largest absolute Gasteiger partial charge is 0.355 e. The number of rotatable bonds is 10. The first-order valence-corrected chi connectivity index (χ1v) is 10.7. The average molecular weight is 395 g/mol. The van der Waals surface area contributed by atoms with Crippen LogP contribution < -0.4 is 5.32 Å². The van der Waals surface area contributed by atoms with E-state index in [1.54, 1.807) is 4.90 Å². The Labute approximate surface area is 175 Å². The molecular weight excluding hydrogens is 360 g/mol. The van der Waals surface area contributed by atoms with Crippen molar-refractivity contribution in [1.82, 2.24) is 10.2 Å². The predicted octanol–water partition coefficient (Wildman–Crippen LogP) is 4.43. The molecule has 0 fully saturated rings. The van der Waals surface area contributed by atoms with Crippen LogP contribution in [-0.4, -0.2) is 29.3 Å². The monoisotopic (exact) mass is 394 g/mol. The molecular formula is C25H34N2O2. The first-order valence-electron chi connectivity index (χ1n) is 10.7. The molecule has 0 aliphatic heterocycles. The molecule has 0 spiro atoms. The van der Waals surface area contributed by atoms with Gasteiger partial charge in [-0.3, -0.25) is 9.59 Å². The van der Waals surface area contributed by atoms with E-state index >= 15 is 0 Å². The van der Waals surface area contributed by atoms with Crippen molar-refractivity contribution in [3.05, 3.63) is 70.8 Å². The minimum Gasteiger partial charge on any atom is -0.355 e. The summed E-state index contributed by atoms with van der Waals surface area (Å²) < 4.78 is 0. The molecule has 4 nitrogen and oxygen atoms in total. The van der Waals surface area contributed by atoms with E-state index in [0.29, 0.717) is 32.4 Å². The zero-order chi connectivity index (χ0) is 21.2. The summed E-state index contributed by atoms with van der Waals surface area (Å²) >= 11 is 0. The minimum absolute atomic E-state index is 0.0194. The van der Waals surface area contributed by atoms with Gasteiger partial charge in [0, 0.05) is 19.5 Å². The maximum absolute atomic E-state index is 13.2. The number of carbonyl (C=O) groups excluding carboxylic acids is 2. The van der Waals surface area contributed by atoms with Crippen molar-refractivity contribution < 1.29 is 9.59 Å². The quantitative estimate of drug-likeness (QED) is 0.648. The zero-order valence-corrected chi connectivity index (χ0v) is 18.2. The first kappa shape index (κ1) is 22.7. The van der Waals surface area contributed by atoms with Gasteiger partial charge in [-0.1, -0.05) is 62.4 Å². The molecule has 0 bridgehead atoms. The lowest BCUT2D eigenvalue weighted by molar-refractivity contribution is -0.141. The second kappa shape index (κ2) is 11.4. The fraction of sp³-hybridized carbons (Fsp3) is 0.440. The van der Waals surface area contributed by atoms with E-state index in [2.05, 4.69) is 36.5 Å². The van der Waals surface area contributed by atoms with Gasteiger partial charge in [0.05, 0.1) is 0 Å². The molecule has 29 heavy (non-hydrogen) atoms. The number of hydrogen-bond donors (Lipinski definition) is 1. The topological polar surface area (TPSA) is 49.4 Å². The fourth-order valence-electron chi connectivity index (χ4n) is 3.52. The number of benzene rings is 2. The molecule has 0 saturated carbocycles. The van der Waals surface area contributed by atoms with Crippen molar-refractivity contribution in [3.8, 4) is 0 Å². The predicted molar refractivity (Wildman–Crippen MR) is 119 cm³/mol. The molecule has 0 aromatic heterocycles. The van der Waals surface area contributed by atoms with Crippen LogP contribution >= 0.6 is 0 Å². The Bertz CT molecular complexity index is 799. The van der Waals surface area contributed by atoms with Crippen molar-refractivity contribution in [1.29, 1.82) is 0 Å². The smallest absolute Gasteiger partial charge is 0.242 e. The molecule has 0 aliphatic carbocycles. The number of amides is 2. The van der Waals surface area contributed by atoms with Crippen LogP contribution in [0.2, 0.25) is 0 Å². The van der Waals surface area contributed by atoms with Crippen LogP contribution in [0.3, 0.4) is 0 Å². The summed E-state index contributed by atoms with van der Waals surface area (Å²) in [6.45, 7) is 9.05. The van der Waals surface area contributed by atoms with Crippen LogP contribution in [0.5, 0.6) is 0 Å². The number of aryl methyl sites for hydroxylation is 3. The lowest BCUT2D eigenvalue weighted by Gasteiger charge is -2.31. The SMILES string of the molecule is CCNC(=O)[C@H](CC)N(Cc1ccccc1C)C(=O)CCc1ccc(CC)cc1. The fourth-order valence-corrected chi connectivity index (χ4v) is 3.52. The Balaban J connectivity index is 2.18. The van der Waals surface area contributed by atoms with Gasteiger partial charge in [0.1, 0.15) is 6.04 Å². The van der Waals surface area contributed by atoms with Crippen molar-refractivity contribution in [2.24, 2.45) is 0 Å². The van der Waals surface area contributed by atoms with Crippen molar-refractivity contribution >= 4 is 11.8 Å². The van der Waals surface area contributed by atoms with Crippen LogP contribution in [0.25, 0.3) is 0 Å². The minimum atomic E-state index is -0.454. The number of hydrogen-bond acceptors (Lipinski definition) is 2. The summed E-state index contributed by atoms with van der Waals surface area (Å²) in [5.74, 6) is -0.0600. The lowest BCUT2D eigenvalue weighted by atomic mass is 10.0. The third-order valence-electron chi connectivity index (χ3n) is 5.40. The van der Waals surface area contributed by atoms with Crippen LogP contribution in [0.15, 0.2) is 48.5 Å². The second-order valence-corrected chi connectivity index (χ2v) is 7.44. The van der Waals surface area contributed by atoms with E-state index in [9.17, 15) is 9.59 Å². The first-order chi connectivity index (χ1) is 14.0. The van der Waals surface area contributed by atoms with E-state index in [0.717, 1.165) is 23.1 Å². The Kier molecular flexibility index (Phi) is 8.91. The molecule has 4 heteroatoms. The highest BCUT2D eigenvalue weighted by atomic mass is 16.2. The van der Waals surface area contributed by atoms with Crippen LogP contribution in [0.4, 0.5) is 0 Å². The number of nitrogens with zero attached hydrogens (tertiary/aromatic N) is 1. The van der Waals surface area contributed by atoms with Gasteiger partial charge >= 0.3 is 0 Å². The highest BCUT2D eigenvalue weighted by Gasteiger charge is 2.28. The van der Waals surface area contributed by atoms with Crippen molar-refractivity contribution in [3.63, 3.8) is 0 Å². The van der Waals surface area contributed by atoms with E-state index < -0.39 is 6.04 Å². The molecule has 0 heterocycles. The Hall–Kier alpha value is -2.62. The molecule has 0 saturated heterocycles. The Morgan fingerprint density at radius 3 is 2.21 bits per heavy atom. The third-order valence-corrected chi connectivity index (χ3v) is 5.40. The maximum Gasteiger partial charge on any atom is 0.242 e. The number of likely N-dealkylation sites (N-methyl/N-ethyl adjacent to an activating group) is 1. The molecule has 0 unspecified atom stereocenters. The van der Waals surface area contributed by atoms with Gasteiger partial charge in [0.2, 0.25) is 11.8 Å². The highest BCUT2D eigenvalue weighted by Crippen LogP contribution is 2.17. The molecule has 2 amide bonds. The summed E-state index contributed by atoms with van der Waals surface area (Å²) in [5, 5.41) is 2.89. The van der Waals surface area contributed by atoms with Crippen LogP contribution in [0.1, 0.15) is 55.9 Å². The number of carbonyl (C=O) groups is 2. The molecule has 2 aromatic carbocycles. The van der Waals surface area contributed by atoms with Crippen LogP contribution in [0, 0.1) is 6.92 Å². The Morgan fingerprint density at radius 1 is 0.966 bits per heavy atom. The summed E-state index contributed by atoms with van der Waals surface area (Å²) in [5.41, 5.74) is 4.66. The van der Waals surface area contributed by atoms with Gasteiger partial charge in [-0.25, -0.2) is 0 Å². The second-order valence-electron chi connectivity index (χ2n) is 7.44. The average Bonchev–Trinajstić information content (AvgIpc) is 2.73. The number of nitrogens with one attached hydrogen (secondary N) is 1. The van der Waals surface area contributed by atoms with E-state index in [-0.39, 0.29) is 11.8 Å². The summed E-state index contributed by atoms with van der Waals surface area (Å²) in [4.78, 5) is 27.6. The van der Waals surface area contributed by atoms with Gasteiger partial charge in [0.25, 0.3) is 0 Å². The molecule has 1 atom stereocenters. The lowest BCUT2D eigenvalue weighted by Crippen LogP contribution is -2.49. The van der Waals surface area contributed by atoms with Gasteiger partial charge in [0.15, 0.2) is 0 Å². The molecule has 2 aromatic rings. The molecule has 1 N–H and O–H groups in total. The Morgan fingerprint density at radius 2 is 1.62 bits per heavy atom. The van der Waals surface area contributed by atoms with Gasteiger partial charge in [-0.2, -0.15) is 0 Å². The summed E-state index contributed by atoms with van der Waals surface area (Å²) in [6.07, 6.45) is 2.68. The van der Waals surface area contributed by atoms with E-state index in [1.165, 1.54) is 5.56 Å². The molecule has 0 aliphatic rings. The van der Waals surface area contributed by atoms with E-state index in [1.807, 2.05) is 45.0 Å². The van der Waals surface area contributed by atoms with Crippen molar-refractivity contribution in [2.75, 3.05) is 6.54 Å². The van der Waals surface area contributed by atoms with Crippen LogP contribution in [-0.2, 0) is 29.0 Å².